The van der Waals surface area contributed by atoms with Crippen molar-refractivity contribution in [3.63, 3.8) is 0 Å². The smallest absolute Gasteiger partial charge is 0.271 e. The molecule has 0 saturated heterocycles. The molecule has 1 aromatic heterocycles. The van der Waals surface area contributed by atoms with E-state index in [1.807, 2.05) is 5.38 Å². The fourth-order valence-electron chi connectivity index (χ4n) is 1.68. The summed E-state index contributed by atoms with van der Waals surface area (Å²) in [6.07, 6.45) is 0. The molecular formula is C14H16FN3O2S. The topological polar surface area (TPSA) is 68.1 Å². The molecule has 0 atom stereocenters. The molecule has 0 fully saturated rings. The van der Waals surface area contributed by atoms with Crippen LogP contribution in [0.25, 0.3) is 0 Å². The van der Waals surface area contributed by atoms with Crippen molar-refractivity contribution in [3.05, 3.63) is 50.2 Å². The van der Waals surface area contributed by atoms with Gasteiger partial charge in [-0.15, -0.1) is 11.3 Å². The van der Waals surface area contributed by atoms with Gasteiger partial charge in [-0.25, -0.2) is 9.37 Å². The van der Waals surface area contributed by atoms with Gasteiger partial charge in [-0.2, -0.15) is 0 Å². The van der Waals surface area contributed by atoms with Crippen LogP contribution < -0.4 is 5.32 Å². The van der Waals surface area contributed by atoms with E-state index in [1.54, 1.807) is 11.3 Å². The largest absolute Gasteiger partial charge is 0.377 e. The Labute approximate surface area is 126 Å². The molecule has 1 heterocycles. The van der Waals surface area contributed by atoms with E-state index in [0.29, 0.717) is 6.54 Å². The van der Waals surface area contributed by atoms with E-state index in [9.17, 15) is 14.5 Å². The van der Waals surface area contributed by atoms with Crippen molar-refractivity contribution in [2.24, 2.45) is 0 Å². The first-order chi connectivity index (χ1) is 9.77. The molecule has 0 aliphatic heterocycles. The van der Waals surface area contributed by atoms with Crippen molar-refractivity contribution in [2.45, 2.75) is 32.7 Å². The SMILES string of the molecule is CC(C)(C)c1nc(CNc2cc([N+](=O)[O-])ccc2F)cs1. The van der Waals surface area contributed by atoms with Crippen molar-refractivity contribution in [2.75, 3.05) is 5.32 Å². The first-order valence-corrected chi connectivity index (χ1v) is 7.28. The van der Waals surface area contributed by atoms with E-state index in [0.717, 1.165) is 22.8 Å². The Kier molecular flexibility index (Phi) is 4.22. The third-order valence-electron chi connectivity index (χ3n) is 2.81. The van der Waals surface area contributed by atoms with E-state index in [2.05, 4.69) is 31.1 Å². The van der Waals surface area contributed by atoms with Gasteiger partial charge in [0.1, 0.15) is 5.82 Å². The lowest BCUT2D eigenvalue weighted by molar-refractivity contribution is -0.384. The van der Waals surface area contributed by atoms with Crippen LogP contribution in [0, 0.1) is 15.9 Å². The minimum atomic E-state index is -0.550. The zero-order valence-electron chi connectivity index (χ0n) is 12.0. The molecule has 7 heteroatoms. The van der Waals surface area contributed by atoms with Crippen molar-refractivity contribution in [1.82, 2.24) is 4.98 Å². The first-order valence-electron chi connectivity index (χ1n) is 6.40. The Balaban J connectivity index is 2.11. The van der Waals surface area contributed by atoms with Gasteiger partial charge in [0.05, 0.1) is 27.9 Å². The van der Waals surface area contributed by atoms with Gasteiger partial charge in [-0.05, 0) is 6.07 Å². The molecule has 0 spiro atoms. The van der Waals surface area contributed by atoms with Gasteiger partial charge < -0.3 is 5.32 Å². The Morgan fingerprint density at radius 3 is 2.71 bits per heavy atom. The molecule has 0 amide bonds. The number of benzene rings is 1. The second-order valence-corrected chi connectivity index (χ2v) is 6.53. The molecule has 21 heavy (non-hydrogen) atoms. The summed E-state index contributed by atoms with van der Waals surface area (Å²) in [5, 5.41) is 16.5. The normalized spacial score (nSPS) is 11.4. The Bertz CT molecular complexity index is 664. The third kappa shape index (κ3) is 3.75. The molecule has 5 nitrogen and oxygen atoms in total. The first kappa shape index (κ1) is 15.4. The van der Waals surface area contributed by atoms with E-state index in [1.165, 1.54) is 6.07 Å². The molecule has 0 unspecified atom stereocenters. The fraction of sp³-hybridized carbons (Fsp3) is 0.357. The van der Waals surface area contributed by atoms with Gasteiger partial charge in [0.25, 0.3) is 5.69 Å². The lowest BCUT2D eigenvalue weighted by Gasteiger charge is -2.13. The lowest BCUT2D eigenvalue weighted by atomic mass is 9.98. The van der Waals surface area contributed by atoms with Crippen LogP contribution in [0.2, 0.25) is 0 Å². The second kappa shape index (κ2) is 5.77. The minimum absolute atomic E-state index is 0.0281. The Morgan fingerprint density at radius 2 is 2.14 bits per heavy atom. The van der Waals surface area contributed by atoms with Gasteiger partial charge in [0.2, 0.25) is 0 Å². The summed E-state index contributed by atoms with van der Waals surface area (Å²) in [6, 6.07) is 3.41. The second-order valence-electron chi connectivity index (χ2n) is 5.67. The van der Waals surface area contributed by atoms with Gasteiger partial charge in [0, 0.05) is 22.9 Å². The number of nitro benzene ring substituents is 1. The standard InChI is InChI=1S/C14H16FN3O2S/c1-14(2,3)13-17-9(8-21-13)7-16-12-6-10(18(19)20)4-5-11(12)15/h4-6,8,16H,7H2,1-3H3. The Morgan fingerprint density at radius 1 is 1.43 bits per heavy atom. The summed E-state index contributed by atoms with van der Waals surface area (Å²) in [7, 11) is 0. The molecule has 0 aliphatic rings. The van der Waals surface area contributed by atoms with Crippen LogP contribution >= 0.6 is 11.3 Å². The molecule has 0 saturated carbocycles. The lowest BCUT2D eigenvalue weighted by Crippen LogP contribution is -2.11. The van der Waals surface area contributed by atoms with E-state index < -0.39 is 10.7 Å². The molecule has 2 rings (SSSR count). The van der Waals surface area contributed by atoms with Crippen molar-refractivity contribution < 1.29 is 9.31 Å². The molecular weight excluding hydrogens is 293 g/mol. The quantitative estimate of drug-likeness (QED) is 0.682. The third-order valence-corrected chi connectivity index (χ3v) is 4.13. The maximum Gasteiger partial charge on any atom is 0.271 e. The summed E-state index contributed by atoms with van der Waals surface area (Å²) in [5.41, 5.74) is 0.720. The number of hydrogen-bond donors (Lipinski definition) is 1. The summed E-state index contributed by atoms with van der Waals surface area (Å²) in [6.45, 7) is 6.54. The number of hydrogen-bond acceptors (Lipinski definition) is 5. The van der Waals surface area contributed by atoms with Crippen LogP contribution in [0.1, 0.15) is 31.5 Å². The molecule has 1 aromatic carbocycles. The van der Waals surface area contributed by atoms with Gasteiger partial charge in [0.15, 0.2) is 0 Å². The van der Waals surface area contributed by atoms with E-state index >= 15 is 0 Å². The number of rotatable bonds is 4. The number of anilines is 1. The zero-order valence-corrected chi connectivity index (χ0v) is 12.8. The van der Waals surface area contributed by atoms with Gasteiger partial charge in [-0.3, -0.25) is 10.1 Å². The maximum atomic E-state index is 13.6. The average Bonchev–Trinajstić information content (AvgIpc) is 2.86. The zero-order chi connectivity index (χ0) is 15.6. The summed E-state index contributed by atoms with van der Waals surface area (Å²) in [4.78, 5) is 14.6. The predicted octanol–water partition coefficient (Wildman–Crippen LogP) is 4.10. The monoisotopic (exact) mass is 309 g/mol. The summed E-state index contributed by atoms with van der Waals surface area (Å²) in [5.74, 6) is -0.521. The summed E-state index contributed by atoms with van der Waals surface area (Å²) < 4.78 is 13.6. The van der Waals surface area contributed by atoms with E-state index in [-0.39, 0.29) is 16.8 Å². The number of halogens is 1. The number of thiazole rings is 1. The molecule has 0 radical (unpaired) electrons. The predicted molar refractivity (Wildman–Crippen MR) is 81.2 cm³/mol. The van der Waals surface area contributed by atoms with Crippen LogP contribution in [0.3, 0.4) is 0 Å². The van der Waals surface area contributed by atoms with Crippen molar-refractivity contribution >= 4 is 22.7 Å². The van der Waals surface area contributed by atoms with E-state index in [4.69, 9.17) is 0 Å². The molecule has 0 aliphatic carbocycles. The highest BCUT2D eigenvalue weighted by Crippen LogP contribution is 2.26. The highest BCUT2D eigenvalue weighted by molar-refractivity contribution is 7.09. The van der Waals surface area contributed by atoms with Crippen molar-refractivity contribution in [1.29, 1.82) is 0 Å². The summed E-state index contributed by atoms with van der Waals surface area (Å²) >= 11 is 1.55. The molecule has 0 bridgehead atoms. The number of non-ortho nitro benzene ring substituents is 1. The highest BCUT2D eigenvalue weighted by Gasteiger charge is 2.18. The number of aromatic nitrogens is 1. The van der Waals surface area contributed by atoms with Crippen LogP contribution in [0.15, 0.2) is 23.6 Å². The van der Waals surface area contributed by atoms with Crippen LogP contribution in [0.5, 0.6) is 0 Å². The van der Waals surface area contributed by atoms with Crippen LogP contribution in [-0.2, 0) is 12.0 Å². The highest BCUT2D eigenvalue weighted by atomic mass is 32.1. The Hall–Kier alpha value is -2.02. The average molecular weight is 309 g/mol. The minimum Gasteiger partial charge on any atom is -0.377 e. The maximum absolute atomic E-state index is 13.6. The number of nitro groups is 1. The van der Waals surface area contributed by atoms with Crippen LogP contribution in [0.4, 0.5) is 15.8 Å². The molecule has 2 aromatic rings. The van der Waals surface area contributed by atoms with Crippen molar-refractivity contribution in [3.8, 4) is 0 Å². The fourth-order valence-corrected chi connectivity index (χ4v) is 2.59. The van der Waals surface area contributed by atoms with Gasteiger partial charge in [-0.1, -0.05) is 20.8 Å². The molecule has 1 N–H and O–H groups in total. The number of nitrogens with zero attached hydrogens (tertiary/aromatic N) is 2. The van der Waals surface area contributed by atoms with Gasteiger partial charge >= 0.3 is 0 Å². The number of nitrogens with one attached hydrogen (secondary N) is 1. The molecule has 112 valence electrons. The van der Waals surface area contributed by atoms with Crippen LogP contribution in [-0.4, -0.2) is 9.91 Å².